The molecule has 1 heterocycles. The number of halogens is 1. The molecule has 0 radical (unpaired) electrons. The predicted octanol–water partition coefficient (Wildman–Crippen LogP) is 2.06. The molecule has 0 saturated carbocycles. The van der Waals surface area contributed by atoms with Gasteiger partial charge in [-0.25, -0.2) is 0 Å². The second-order valence-electron chi connectivity index (χ2n) is 4.79. The first kappa shape index (κ1) is 15.9. The summed E-state index contributed by atoms with van der Waals surface area (Å²) in [6.07, 6.45) is 2.55. The van der Waals surface area contributed by atoms with Crippen LogP contribution in [0.3, 0.4) is 0 Å². The Labute approximate surface area is 130 Å². The Morgan fingerprint density at radius 3 is 3.00 bits per heavy atom. The third kappa shape index (κ3) is 5.44. The molecule has 5 nitrogen and oxygen atoms in total. The van der Waals surface area contributed by atoms with Gasteiger partial charge in [0.15, 0.2) is 5.96 Å². The topological polar surface area (TPSA) is 54.9 Å². The van der Waals surface area contributed by atoms with Crippen LogP contribution in [0.15, 0.2) is 29.3 Å². The van der Waals surface area contributed by atoms with Crippen molar-refractivity contribution in [1.82, 2.24) is 10.6 Å². The summed E-state index contributed by atoms with van der Waals surface area (Å²) in [6, 6.07) is 7.44. The van der Waals surface area contributed by atoms with E-state index in [4.69, 9.17) is 21.1 Å². The van der Waals surface area contributed by atoms with Crippen LogP contribution in [0.25, 0.3) is 0 Å². The van der Waals surface area contributed by atoms with Gasteiger partial charge in [-0.3, -0.25) is 4.99 Å². The van der Waals surface area contributed by atoms with Gasteiger partial charge in [-0.1, -0.05) is 23.7 Å². The van der Waals surface area contributed by atoms with E-state index in [1.807, 2.05) is 24.3 Å². The van der Waals surface area contributed by atoms with Gasteiger partial charge in [-0.15, -0.1) is 0 Å². The summed E-state index contributed by atoms with van der Waals surface area (Å²) in [7, 11) is 1.75. The summed E-state index contributed by atoms with van der Waals surface area (Å²) in [5.41, 5.74) is 0. The van der Waals surface area contributed by atoms with Gasteiger partial charge in [0.1, 0.15) is 12.4 Å². The highest BCUT2D eigenvalue weighted by Crippen LogP contribution is 2.22. The van der Waals surface area contributed by atoms with Gasteiger partial charge in [0, 0.05) is 20.2 Å². The van der Waals surface area contributed by atoms with Crippen LogP contribution < -0.4 is 15.4 Å². The molecule has 2 N–H and O–H groups in total. The highest BCUT2D eigenvalue weighted by Gasteiger charge is 2.15. The fourth-order valence-corrected chi connectivity index (χ4v) is 2.32. The Bertz CT molecular complexity index is 462. The minimum absolute atomic E-state index is 0.294. The van der Waals surface area contributed by atoms with Crippen molar-refractivity contribution in [1.29, 1.82) is 0 Å². The number of benzene rings is 1. The number of para-hydroxylation sites is 1. The third-order valence-corrected chi connectivity index (χ3v) is 3.55. The van der Waals surface area contributed by atoms with Crippen molar-refractivity contribution in [3.8, 4) is 5.75 Å². The molecular formula is C15H22ClN3O2. The maximum absolute atomic E-state index is 6.02. The summed E-state index contributed by atoms with van der Waals surface area (Å²) in [5.74, 6) is 1.46. The van der Waals surface area contributed by atoms with Crippen molar-refractivity contribution in [3.05, 3.63) is 29.3 Å². The van der Waals surface area contributed by atoms with Crippen LogP contribution >= 0.6 is 11.6 Å². The first-order valence-corrected chi connectivity index (χ1v) is 7.61. The Morgan fingerprint density at radius 2 is 2.29 bits per heavy atom. The lowest BCUT2D eigenvalue weighted by molar-refractivity contribution is 0.114. The maximum Gasteiger partial charge on any atom is 0.191 e. The normalized spacial score (nSPS) is 18.6. The van der Waals surface area contributed by atoms with E-state index in [0.29, 0.717) is 30.0 Å². The van der Waals surface area contributed by atoms with Crippen molar-refractivity contribution in [3.63, 3.8) is 0 Å². The van der Waals surface area contributed by atoms with E-state index in [0.717, 1.165) is 32.0 Å². The van der Waals surface area contributed by atoms with Crippen LogP contribution in [0, 0.1) is 0 Å². The van der Waals surface area contributed by atoms with Crippen molar-refractivity contribution < 1.29 is 9.47 Å². The zero-order valence-corrected chi connectivity index (χ0v) is 13.0. The lowest BCUT2D eigenvalue weighted by Gasteiger charge is -2.15. The standard InChI is InChI=1S/C15H22ClN3O2/c1-17-15(19-11-12-5-4-9-20-12)18-8-10-21-14-7-3-2-6-13(14)16/h2-3,6-7,12H,4-5,8-11H2,1H3,(H2,17,18,19). The van der Waals surface area contributed by atoms with E-state index in [1.54, 1.807) is 7.05 Å². The van der Waals surface area contributed by atoms with E-state index >= 15 is 0 Å². The molecule has 21 heavy (non-hydrogen) atoms. The fourth-order valence-electron chi connectivity index (χ4n) is 2.13. The monoisotopic (exact) mass is 311 g/mol. The smallest absolute Gasteiger partial charge is 0.191 e. The molecule has 1 aliphatic heterocycles. The predicted molar refractivity (Wildman–Crippen MR) is 85.3 cm³/mol. The van der Waals surface area contributed by atoms with Crippen LogP contribution in [-0.4, -0.2) is 45.4 Å². The van der Waals surface area contributed by atoms with Crippen LogP contribution in [0.4, 0.5) is 0 Å². The number of rotatable bonds is 6. The molecule has 1 aromatic carbocycles. The van der Waals surface area contributed by atoms with Gasteiger partial charge in [0.25, 0.3) is 0 Å². The van der Waals surface area contributed by atoms with E-state index < -0.39 is 0 Å². The van der Waals surface area contributed by atoms with Gasteiger partial charge < -0.3 is 20.1 Å². The Balaban J connectivity index is 1.63. The number of nitrogens with one attached hydrogen (secondary N) is 2. The molecule has 0 spiro atoms. The van der Waals surface area contributed by atoms with Crippen LogP contribution in [0.1, 0.15) is 12.8 Å². The SMILES string of the molecule is CN=C(NCCOc1ccccc1Cl)NCC1CCCO1. The van der Waals surface area contributed by atoms with E-state index in [1.165, 1.54) is 0 Å². The Kier molecular flexibility index (Phi) is 6.63. The van der Waals surface area contributed by atoms with Crippen LogP contribution in [0.2, 0.25) is 5.02 Å². The Morgan fingerprint density at radius 1 is 1.43 bits per heavy atom. The quantitative estimate of drug-likeness (QED) is 0.480. The summed E-state index contributed by atoms with van der Waals surface area (Å²) in [4.78, 5) is 4.17. The molecule has 1 aliphatic rings. The van der Waals surface area contributed by atoms with Gasteiger partial charge in [0.05, 0.1) is 17.7 Å². The zero-order chi connectivity index (χ0) is 14.9. The van der Waals surface area contributed by atoms with Crippen LogP contribution in [-0.2, 0) is 4.74 Å². The van der Waals surface area contributed by atoms with Gasteiger partial charge in [-0.2, -0.15) is 0 Å². The summed E-state index contributed by atoms with van der Waals surface area (Å²) < 4.78 is 11.2. The van der Waals surface area contributed by atoms with Crippen molar-refractivity contribution in [2.24, 2.45) is 4.99 Å². The van der Waals surface area contributed by atoms with Crippen LogP contribution in [0.5, 0.6) is 5.75 Å². The first-order valence-electron chi connectivity index (χ1n) is 7.23. The zero-order valence-electron chi connectivity index (χ0n) is 12.3. The summed E-state index contributed by atoms with van der Waals surface area (Å²) >= 11 is 6.02. The molecule has 1 aromatic rings. The number of ether oxygens (including phenoxy) is 2. The molecule has 2 rings (SSSR count). The summed E-state index contributed by atoms with van der Waals surface area (Å²) in [5, 5.41) is 7.08. The van der Waals surface area contributed by atoms with E-state index in [2.05, 4.69) is 15.6 Å². The highest BCUT2D eigenvalue weighted by molar-refractivity contribution is 6.32. The third-order valence-electron chi connectivity index (χ3n) is 3.23. The average molecular weight is 312 g/mol. The largest absolute Gasteiger partial charge is 0.490 e. The second kappa shape index (κ2) is 8.74. The molecule has 0 bridgehead atoms. The molecule has 0 aliphatic carbocycles. The molecular weight excluding hydrogens is 290 g/mol. The highest BCUT2D eigenvalue weighted by atomic mass is 35.5. The lowest BCUT2D eigenvalue weighted by atomic mass is 10.2. The number of guanidine groups is 1. The van der Waals surface area contributed by atoms with Gasteiger partial charge >= 0.3 is 0 Å². The van der Waals surface area contributed by atoms with Crippen molar-refractivity contribution in [2.45, 2.75) is 18.9 Å². The van der Waals surface area contributed by atoms with E-state index in [-0.39, 0.29) is 0 Å². The molecule has 116 valence electrons. The molecule has 0 aromatic heterocycles. The minimum atomic E-state index is 0.294. The molecule has 6 heteroatoms. The molecule has 1 atom stereocenters. The number of aliphatic imine (C=N–C) groups is 1. The molecule has 1 fully saturated rings. The van der Waals surface area contributed by atoms with Crippen molar-refractivity contribution in [2.75, 3.05) is 33.4 Å². The van der Waals surface area contributed by atoms with E-state index in [9.17, 15) is 0 Å². The molecule has 1 saturated heterocycles. The number of hydrogen-bond donors (Lipinski definition) is 2. The Hall–Kier alpha value is -1.46. The first-order chi connectivity index (χ1) is 10.3. The number of nitrogens with zero attached hydrogens (tertiary/aromatic N) is 1. The lowest BCUT2D eigenvalue weighted by Crippen LogP contribution is -2.42. The van der Waals surface area contributed by atoms with Gasteiger partial charge in [-0.05, 0) is 25.0 Å². The van der Waals surface area contributed by atoms with Crippen molar-refractivity contribution >= 4 is 17.6 Å². The second-order valence-corrected chi connectivity index (χ2v) is 5.20. The average Bonchev–Trinajstić information content (AvgIpc) is 3.01. The maximum atomic E-state index is 6.02. The van der Waals surface area contributed by atoms with Gasteiger partial charge in [0.2, 0.25) is 0 Å². The number of hydrogen-bond acceptors (Lipinski definition) is 3. The minimum Gasteiger partial charge on any atom is -0.490 e. The fraction of sp³-hybridized carbons (Fsp3) is 0.533. The molecule has 1 unspecified atom stereocenters. The summed E-state index contributed by atoms with van der Waals surface area (Å²) in [6.45, 7) is 2.82. The molecule has 0 amide bonds.